The number of halogens is 2. The van der Waals surface area contributed by atoms with E-state index in [1.807, 2.05) is 32.0 Å². The van der Waals surface area contributed by atoms with Crippen LogP contribution in [0.15, 0.2) is 22.7 Å². The van der Waals surface area contributed by atoms with Crippen molar-refractivity contribution in [3.05, 3.63) is 28.2 Å². The number of hydrogen-bond donors (Lipinski definition) is 2. The molecule has 1 heterocycles. The molecule has 2 atom stereocenters. The molecule has 2 rings (SSSR count). The van der Waals surface area contributed by atoms with Crippen LogP contribution in [0.5, 0.6) is 0 Å². The number of carbonyl (C=O) groups is 2. The number of nitrogens with two attached hydrogens (primary N) is 1. The molecule has 2 unspecified atom stereocenters. The van der Waals surface area contributed by atoms with E-state index in [1.165, 1.54) is 0 Å². The lowest BCUT2D eigenvalue weighted by Gasteiger charge is -2.18. The SMILES string of the molecule is Cc1cc(N2CC(C(=O)NCCC(C)N)CC2=O)ccc1Br.Cl. The Morgan fingerprint density at radius 3 is 2.83 bits per heavy atom. The van der Waals surface area contributed by atoms with Crippen LogP contribution in [0.2, 0.25) is 0 Å². The molecule has 1 aliphatic heterocycles. The zero-order valence-electron chi connectivity index (χ0n) is 13.3. The lowest BCUT2D eigenvalue weighted by Crippen LogP contribution is -2.35. The van der Waals surface area contributed by atoms with E-state index < -0.39 is 0 Å². The van der Waals surface area contributed by atoms with E-state index in [-0.39, 0.29) is 42.6 Å². The van der Waals surface area contributed by atoms with Gasteiger partial charge in [0, 0.05) is 35.7 Å². The van der Waals surface area contributed by atoms with Crippen LogP contribution >= 0.6 is 28.3 Å². The number of carbonyl (C=O) groups excluding carboxylic acids is 2. The molecule has 0 bridgehead atoms. The molecule has 0 aliphatic carbocycles. The molecule has 2 amide bonds. The van der Waals surface area contributed by atoms with Gasteiger partial charge < -0.3 is 16.0 Å². The third kappa shape index (κ3) is 5.19. The zero-order chi connectivity index (χ0) is 16.3. The van der Waals surface area contributed by atoms with Crippen molar-refractivity contribution >= 4 is 45.8 Å². The summed E-state index contributed by atoms with van der Waals surface area (Å²) in [5, 5.41) is 2.86. The van der Waals surface area contributed by atoms with Crippen LogP contribution in [0, 0.1) is 12.8 Å². The first-order valence-corrected chi connectivity index (χ1v) is 8.27. The van der Waals surface area contributed by atoms with Gasteiger partial charge in [-0.05, 0) is 44.0 Å². The molecule has 0 spiro atoms. The normalized spacial score (nSPS) is 18.5. The van der Waals surface area contributed by atoms with Crippen LogP contribution in [0.25, 0.3) is 0 Å². The molecular formula is C16H23BrClN3O2. The summed E-state index contributed by atoms with van der Waals surface area (Å²) in [7, 11) is 0. The highest BCUT2D eigenvalue weighted by molar-refractivity contribution is 9.10. The van der Waals surface area contributed by atoms with Gasteiger partial charge in [0.15, 0.2) is 0 Å². The fraction of sp³-hybridized carbons (Fsp3) is 0.500. The molecule has 1 aliphatic rings. The fourth-order valence-electron chi connectivity index (χ4n) is 2.50. The summed E-state index contributed by atoms with van der Waals surface area (Å²) in [6, 6.07) is 5.84. The zero-order valence-corrected chi connectivity index (χ0v) is 15.7. The van der Waals surface area contributed by atoms with Crippen molar-refractivity contribution in [2.24, 2.45) is 11.7 Å². The molecular weight excluding hydrogens is 382 g/mol. The Labute approximate surface area is 151 Å². The summed E-state index contributed by atoms with van der Waals surface area (Å²) >= 11 is 3.45. The highest BCUT2D eigenvalue weighted by Crippen LogP contribution is 2.28. The average molecular weight is 405 g/mol. The van der Waals surface area contributed by atoms with Gasteiger partial charge >= 0.3 is 0 Å². The first kappa shape index (κ1) is 19.9. The molecule has 1 aromatic carbocycles. The van der Waals surface area contributed by atoms with Gasteiger partial charge in [-0.1, -0.05) is 15.9 Å². The molecule has 23 heavy (non-hydrogen) atoms. The average Bonchev–Trinajstić information content (AvgIpc) is 2.83. The molecule has 0 saturated carbocycles. The Morgan fingerprint density at radius 2 is 2.22 bits per heavy atom. The van der Waals surface area contributed by atoms with Gasteiger partial charge in [0.1, 0.15) is 0 Å². The third-order valence-electron chi connectivity index (χ3n) is 3.85. The van der Waals surface area contributed by atoms with Gasteiger partial charge in [0.25, 0.3) is 0 Å². The second kappa shape index (κ2) is 8.66. The van der Waals surface area contributed by atoms with Crippen LogP contribution in [-0.2, 0) is 9.59 Å². The molecule has 7 heteroatoms. The van der Waals surface area contributed by atoms with Crippen molar-refractivity contribution in [3.63, 3.8) is 0 Å². The first-order chi connectivity index (χ1) is 10.4. The van der Waals surface area contributed by atoms with Crippen molar-refractivity contribution in [1.82, 2.24) is 5.32 Å². The molecule has 1 fully saturated rings. The van der Waals surface area contributed by atoms with Crippen LogP contribution < -0.4 is 16.0 Å². The van der Waals surface area contributed by atoms with Gasteiger partial charge in [0.05, 0.1) is 5.92 Å². The van der Waals surface area contributed by atoms with Crippen molar-refractivity contribution in [2.75, 3.05) is 18.0 Å². The van der Waals surface area contributed by atoms with Crippen molar-refractivity contribution in [1.29, 1.82) is 0 Å². The summed E-state index contributed by atoms with van der Waals surface area (Å²) in [6.45, 7) is 4.87. The lowest BCUT2D eigenvalue weighted by atomic mass is 10.1. The Morgan fingerprint density at radius 1 is 1.52 bits per heavy atom. The molecule has 3 N–H and O–H groups in total. The minimum Gasteiger partial charge on any atom is -0.356 e. The van der Waals surface area contributed by atoms with Gasteiger partial charge in [-0.15, -0.1) is 12.4 Å². The minimum absolute atomic E-state index is 0. The predicted octanol–water partition coefficient (Wildman–Crippen LogP) is 2.39. The van der Waals surface area contributed by atoms with E-state index in [0.29, 0.717) is 13.1 Å². The number of rotatable bonds is 5. The van der Waals surface area contributed by atoms with E-state index in [0.717, 1.165) is 22.1 Å². The first-order valence-electron chi connectivity index (χ1n) is 7.48. The minimum atomic E-state index is -0.287. The van der Waals surface area contributed by atoms with Gasteiger partial charge in [-0.25, -0.2) is 0 Å². The van der Waals surface area contributed by atoms with Crippen molar-refractivity contribution < 1.29 is 9.59 Å². The number of hydrogen-bond acceptors (Lipinski definition) is 3. The largest absolute Gasteiger partial charge is 0.356 e. The van der Waals surface area contributed by atoms with Crippen LogP contribution in [-0.4, -0.2) is 30.9 Å². The maximum absolute atomic E-state index is 12.2. The van der Waals surface area contributed by atoms with E-state index in [1.54, 1.807) is 4.90 Å². The number of nitrogens with one attached hydrogen (secondary N) is 1. The summed E-state index contributed by atoms with van der Waals surface area (Å²) in [6.07, 6.45) is 1.00. The quantitative estimate of drug-likeness (QED) is 0.791. The van der Waals surface area contributed by atoms with Crippen LogP contribution in [0.4, 0.5) is 5.69 Å². The van der Waals surface area contributed by atoms with Crippen molar-refractivity contribution in [3.8, 4) is 0 Å². The fourth-order valence-corrected chi connectivity index (χ4v) is 2.74. The Balaban J connectivity index is 0.00000264. The van der Waals surface area contributed by atoms with E-state index >= 15 is 0 Å². The second-order valence-electron chi connectivity index (χ2n) is 5.90. The number of nitrogens with zero attached hydrogens (tertiary/aromatic N) is 1. The van der Waals surface area contributed by atoms with Gasteiger partial charge in [-0.3, -0.25) is 9.59 Å². The highest BCUT2D eigenvalue weighted by atomic mass is 79.9. The predicted molar refractivity (Wildman–Crippen MR) is 97.9 cm³/mol. The van der Waals surface area contributed by atoms with Crippen LogP contribution in [0.1, 0.15) is 25.3 Å². The smallest absolute Gasteiger partial charge is 0.227 e. The summed E-state index contributed by atoms with van der Waals surface area (Å²) in [5.74, 6) is -0.357. The maximum Gasteiger partial charge on any atom is 0.227 e. The van der Waals surface area contributed by atoms with Crippen LogP contribution in [0.3, 0.4) is 0 Å². The number of amides is 2. The summed E-state index contributed by atoms with van der Waals surface area (Å²) in [4.78, 5) is 26.0. The van der Waals surface area contributed by atoms with Crippen molar-refractivity contribution in [2.45, 2.75) is 32.7 Å². The molecule has 1 saturated heterocycles. The molecule has 128 valence electrons. The Kier molecular flexibility index (Phi) is 7.51. The second-order valence-corrected chi connectivity index (χ2v) is 6.75. The Hall–Kier alpha value is -1.11. The van der Waals surface area contributed by atoms with E-state index in [9.17, 15) is 9.59 Å². The van der Waals surface area contributed by atoms with Gasteiger partial charge in [0.2, 0.25) is 11.8 Å². The number of aryl methyl sites for hydroxylation is 1. The van der Waals surface area contributed by atoms with E-state index in [4.69, 9.17) is 5.73 Å². The van der Waals surface area contributed by atoms with Gasteiger partial charge in [-0.2, -0.15) is 0 Å². The molecule has 0 radical (unpaired) electrons. The lowest BCUT2D eigenvalue weighted by molar-refractivity contribution is -0.126. The highest BCUT2D eigenvalue weighted by Gasteiger charge is 2.35. The summed E-state index contributed by atoms with van der Waals surface area (Å²) in [5.41, 5.74) is 7.57. The molecule has 5 nitrogen and oxygen atoms in total. The summed E-state index contributed by atoms with van der Waals surface area (Å²) < 4.78 is 1.01. The maximum atomic E-state index is 12.2. The molecule has 1 aromatic rings. The molecule has 0 aromatic heterocycles. The third-order valence-corrected chi connectivity index (χ3v) is 4.74. The Bertz CT molecular complexity index is 580. The monoisotopic (exact) mass is 403 g/mol. The van der Waals surface area contributed by atoms with E-state index in [2.05, 4.69) is 21.2 Å². The standard InChI is InChI=1S/C16H22BrN3O2.ClH/c1-10-7-13(3-4-14(10)17)20-9-12(8-15(20)21)16(22)19-6-5-11(2)18;/h3-4,7,11-12H,5-6,8-9,18H2,1-2H3,(H,19,22);1H. The number of benzene rings is 1. The topological polar surface area (TPSA) is 75.4 Å². The number of anilines is 1.